The molecule has 23 heavy (non-hydrogen) atoms. The van der Waals surface area contributed by atoms with E-state index in [4.69, 9.17) is 0 Å². The van der Waals surface area contributed by atoms with Gasteiger partial charge in [-0.3, -0.25) is 9.59 Å². The Morgan fingerprint density at radius 3 is 2.13 bits per heavy atom. The maximum Gasteiger partial charge on any atom is 0.254 e. The van der Waals surface area contributed by atoms with E-state index in [0.717, 1.165) is 23.4 Å². The zero-order valence-corrected chi connectivity index (χ0v) is 12.7. The smallest absolute Gasteiger partial charge is 0.254 e. The van der Waals surface area contributed by atoms with Crippen LogP contribution >= 0.6 is 0 Å². The SMILES string of the molecule is O=C1[C@@H]2[C@H](C(=O)N1/N=C\C=C\c1ccccc1)[C@@H]1C=C[C@@H]2CC1. The van der Waals surface area contributed by atoms with E-state index in [1.54, 1.807) is 6.08 Å². The third-order valence-corrected chi connectivity index (χ3v) is 5.09. The maximum atomic E-state index is 12.5. The van der Waals surface area contributed by atoms with Gasteiger partial charge in [-0.05, 0) is 36.3 Å². The van der Waals surface area contributed by atoms with Crippen molar-refractivity contribution >= 4 is 24.1 Å². The second kappa shape index (κ2) is 5.61. The Labute approximate surface area is 135 Å². The van der Waals surface area contributed by atoms with Crippen LogP contribution in [0.25, 0.3) is 6.08 Å². The van der Waals surface area contributed by atoms with Gasteiger partial charge in [0.25, 0.3) is 11.8 Å². The van der Waals surface area contributed by atoms with Gasteiger partial charge in [0.1, 0.15) is 0 Å². The quantitative estimate of drug-likeness (QED) is 0.490. The average molecular weight is 306 g/mol. The highest BCUT2D eigenvalue weighted by atomic mass is 16.2. The lowest BCUT2D eigenvalue weighted by atomic mass is 9.63. The molecule has 0 N–H and O–H groups in total. The van der Waals surface area contributed by atoms with E-state index in [1.807, 2.05) is 36.4 Å². The summed E-state index contributed by atoms with van der Waals surface area (Å²) in [5.41, 5.74) is 1.05. The summed E-state index contributed by atoms with van der Waals surface area (Å²) in [6.45, 7) is 0. The maximum absolute atomic E-state index is 12.5. The molecule has 1 aromatic rings. The minimum Gasteiger partial charge on any atom is -0.272 e. The molecule has 2 amide bonds. The van der Waals surface area contributed by atoms with Gasteiger partial charge in [0.05, 0.1) is 11.8 Å². The molecule has 0 unspecified atom stereocenters. The Hall–Kier alpha value is -2.49. The zero-order chi connectivity index (χ0) is 15.8. The Kier molecular flexibility index (Phi) is 3.45. The van der Waals surface area contributed by atoms with Crippen molar-refractivity contribution in [2.45, 2.75) is 12.8 Å². The van der Waals surface area contributed by atoms with E-state index in [2.05, 4.69) is 17.3 Å². The van der Waals surface area contributed by atoms with Crippen LogP contribution in [0, 0.1) is 23.7 Å². The molecule has 5 rings (SSSR count). The molecular formula is C19H18N2O2. The molecule has 1 saturated heterocycles. The van der Waals surface area contributed by atoms with Gasteiger partial charge in [0, 0.05) is 6.21 Å². The molecule has 1 saturated carbocycles. The van der Waals surface area contributed by atoms with Crippen molar-refractivity contribution in [3.05, 3.63) is 54.1 Å². The van der Waals surface area contributed by atoms with Crippen molar-refractivity contribution in [1.29, 1.82) is 0 Å². The van der Waals surface area contributed by atoms with Gasteiger partial charge in [-0.2, -0.15) is 10.1 Å². The van der Waals surface area contributed by atoms with Gasteiger partial charge in [-0.25, -0.2) is 0 Å². The second-order valence-electron chi connectivity index (χ2n) is 6.36. The first-order valence-corrected chi connectivity index (χ1v) is 8.07. The van der Waals surface area contributed by atoms with Crippen LogP contribution in [0.2, 0.25) is 0 Å². The van der Waals surface area contributed by atoms with Crippen LogP contribution < -0.4 is 0 Å². The number of hydrogen-bond donors (Lipinski definition) is 0. The Morgan fingerprint density at radius 2 is 1.57 bits per heavy atom. The fourth-order valence-electron chi connectivity index (χ4n) is 4.00. The number of imide groups is 1. The number of allylic oxidation sites excluding steroid dienone is 3. The number of hydrogen-bond acceptors (Lipinski definition) is 3. The highest BCUT2D eigenvalue weighted by Crippen LogP contribution is 2.49. The van der Waals surface area contributed by atoms with Crippen LogP contribution in [0.4, 0.5) is 0 Å². The molecule has 4 nitrogen and oxygen atoms in total. The van der Waals surface area contributed by atoms with Crippen LogP contribution in [0.3, 0.4) is 0 Å². The largest absolute Gasteiger partial charge is 0.272 e. The molecule has 2 fully saturated rings. The van der Waals surface area contributed by atoms with Crippen molar-refractivity contribution < 1.29 is 9.59 Å². The van der Waals surface area contributed by atoms with Gasteiger partial charge < -0.3 is 0 Å². The molecule has 116 valence electrons. The molecular weight excluding hydrogens is 288 g/mol. The second-order valence-corrected chi connectivity index (χ2v) is 6.36. The number of rotatable bonds is 3. The molecule has 4 heteroatoms. The lowest BCUT2D eigenvalue weighted by Crippen LogP contribution is -2.38. The summed E-state index contributed by atoms with van der Waals surface area (Å²) in [4.78, 5) is 25.1. The average Bonchev–Trinajstić information content (AvgIpc) is 2.87. The molecule has 0 aromatic heterocycles. The summed E-state index contributed by atoms with van der Waals surface area (Å²) in [6, 6.07) is 9.83. The lowest BCUT2D eigenvalue weighted by molar-refractivity contribution is -0.140. The van der Waals surface area contributed by atoms with E-state index >= 15 is 0 Å². The number of fused-ring (bicyclic) bond motifs is 1. The van der Waals surface area contributed by atoms with E-state index in [9.17, 15) is 9.59 Å². The number of nitrogens with zero attached hydrogens (tertiary/aromatic N) is 2. The molecule has 4 atom stereocenters. The monoisotopic (exact) mass is 306 g/mol. The molecule has 1 aliphatic heterocycles. The fraction of sp³-hybridized carbons (Fsp3) is 0.316. The summed E-state index contributed by atoms with van der Waals surface area (Å²) < 4.78 is 0. The fourth-order valence-corrected chi connectivity index (χ4v) is 4.00. The van der Waals surface area contributed by atoms with E-state index in [0.29, 0.717) is 0 Å². The van der Waals surface area contributed by atoms with Gasteiger partial charge in [-0.1, -0.05) is 48.6 Å². The van der Waals surface area contributed by atoms with Crippen LogP contribution in [-0.2, 0) is 9.59 Å². The minimum absolute atomic E-state index is 0.136. The number of hydrazone groups is 1. The normalized spacial score (nSPS) is 32.4. The molecule has 4 aliphatic rings. The summed E-state index contributed by atoms with van der Waals surface area (Å²) in [5.74, 6) is -0.238. The van der Waals surface area contributed by atoms with Crippen LogP contribution in [0.1, 0.15) is 18.4 Å². The molecule has 0 radical (unpaired) electrons. The first-order valence-electron chi connectivity index (χ1n) is 8.07. The predicted octanol–water partition coefficient (Wildman–Crippen LogP) is 2.88. The standard InChI is InChI=1S/C19H18N2O2/c22-18-16-14-8-9-15(11-10-14)17(16)19(23)21(18)20-12-4-7-13-5-2-1-3-6-13/h1-9,12,14-17H,10-11H2/b7-4+,20-12-/t14-,15-,16-,17+/m1/s1. The van der Waals surface area contributed by atoms with Gasteiger partial charge in [0.15, 0.2) is 0 Å². The number of benzene rings is 1. The molecule has 2 bridgehead atoms. The Bertz CT molecular complexity index is 688. The zero-order valence-electron chi connectivity index (χ0n) is 12.7. The highest BCUT2D eigenvalue weighted by Gasteiger charge is 2.56. The molecule has 1 heterocycles. The number of carbonyl (C=O) groups excluding carboxylic acids is 2. The highest BCUT2D eigenvalue weighted by molar-refractivity contribution is 6.06. The number of amides is 2. The van der Waals surface area contributed by atoms with E-state index < -0.39 is 0 Å². The molecule has 0 spiro atoms. The van der Waals surface area contributed by atoms with Crippen molar-refractivity contribution in [3.8, 4) is 0 Å². The summed E-state index contributed by atoms with van der Waals surface area (Å²) in [6.07, 6.45) is 11.4. The summed E-state index contributed by atoms with van der Waals surface area (Å²) in [7, 11) is 0. The summed E-state index contributed by atoms with van der Waals surface area (Å²) >= 11 is 0. The van der Waals surface area contributed by atoms with Crippen molar-refractivity contribution in [1.82, 2.24) is 5.01 Å². The van der Waals surface area contributed by atoms with E-state index in [-0.39, 0.29) is 35.5 Å². The van der Waals surface area contributed by atoms with Crippen LogP contribution in [-0.4, -0.2) is 23.0 Å². The predicted molar refractivity (Wildman–Crippen MR) is 88.2 cm³/mol. The Morgan fingerprint density at radius 1 is 0.957 bits per heavy atom. The summed E-state index contributed by atoms with van der Waals surface area (Å²) in [5, 5.41) is 5.20. The number of carbonyl (C=O) groups is 2. The third-order valence-electron chi connectivity index (χ3n) is 5.09. The molecule has 1 aromatic carbocycles. The van der Waals surface area contributed by atoms with Crippen LogP contribution in [0.5, 0.6) is 0 Å². The van der Waals surface area contributed by atoms with Gasteiger partial charge in [0.2, 0.25) is 0 Å². The molecule has 3 aliphatic carbocycles. The van der Waals surface area contributed by atoms with Gasteiger partial charge >= 0.3 is 0 Å². The lowest BCUT2D eigenvalue weighted by Gasteiger charge is -2.37. The third kappa shape index (κ3) is 2.34. The van der Waals surface area contributed by atoms with Crippen LogP contribution in [0.15, 0.2) is 53.7 Å². The van der Waals surface area contributed by atoms with Crippen molar-refractivity contribution in [2.24, 2.45) is 28.8 Å². The van der Waals surface area contributed by atoms with Gasteiger partial charge in [-0.15, -0.1) is 0 Å². The first-order chi connectivity index (χ1) is 11.3. The van der Waals surface area contributed by atoms with Crippen molar-refractivity contribution in [3.63, 3.8) is 0 Å². The Balaban J connectivity index is 1.50. The first kappa shape index (κ1) is 14.1. The van der Waals surface area contributed by atoms with Crippen molar-refractivity contribution in [2.75, 3.05) is 0 Å². The minimum atomic E-state index is -0.193. The topological polar surface area (TPSA) is 49.7 Å². The van der Waals surface area contributed by atoms with E-state index in [1.165, 1.54) is 6.21 Å².